The molecule has 4 aromatic rings. The number of hydrogen-bond acceptors (Lipinski definition) is 5. The Morgan fingerprint density at radius 3 is 2.74 bits per heavy atom. The Bertz CT molecular complexity index is 1150. The number of fused-ring (bicyclic) bond motifs is 1. The molecule has 0 saturated carbocycles. The van der Waals surface area contributed by atoms with Crippen LogP contribution in [0.25, 0.3) is 16.2 Å². The van der Waals surface area contributed by atoms with Crippen molar-refractivity contribution >= 4 is 51.7 Å². The molecule has 0 fully saturated rings. The topological polar surface area (TPSA) is 56.0 Å². The summed E-state index contributed by atoms with van der Waals surface area (Å²) in [6, 6.07) is 14.2. The number of thiazole rings is 1. The van der Waals surface area contributed by atoms with E-state index in [0.29, 0.717) is 5.02 Å². The van der Waals surface area contributed by atoms with Crippen LogP contribution in [-0.4, -0.2) is 21.6 Å². The van der Waals surface area contributed by atoms with Crippen LogP contribution in [0, 0.1) is 0 Å². The smallest absolute Gasteiger partial charge is 0.313 e. The fraction of sp³-hybridized carbons (Fsp3) is 0. The summed E-state index contributed by atoms with van der Waals surface area (Å²) in [6.45, 7) is 0. The van der Waals surface area contributed by atoms with E-state index in [1.807, 2.05) is 46.3 Å². The number of carbonyl (C=O) groups is 1. The molecule has 0 bridgehead atoms. The third kappa shape index (κ3) is 3.60. The highest BCUT2D eigenvalue weighted by Crippen LogP contribution is 2.26. The van der Waals surface area contributed by atoms with Gasteiger partial charge in [0.1, 0.15) is 0 Å². The summed E-state index contributed by atoms with van der Waals surface area (Å²) in [5.74, 6) is -0.628. The van der Waals surface area contributed by atoms with Gasteiger partial charge >= 0.3 is 5.97 Å². The van der Waals surface area contributed by atoms with Gasteiger partial charge in [-0.15, -0.1) is 11.3 Å². The predicted octanol–water partition coefficient (Wildman–Crippen LogP) is 5.56. The Hall–Kier alpha value is -2.67. The molecule has 8 heteroatoms. The van der Waals surface area contributed by atoms with Gasteiger partial charge in [-0.25, -0.2) is 9.78 Å². The van der Waals surface area contributed by atoms with Gasteiger partial charge in [0.25, 0.3) is 0 Å². The Kier molecular flexibility index (Phi) is 4.94. The number of carbonyl (C=O) groups excluding carboxylic acids is 1. The van der Waals surface area contributed by atoms with Crippen molar-refractivity contribution in [1.29, 1.82) is 0 Å². The van der Waals surface area contributed by atoms with E-state index in [4.69, 9.17) is 28.0 Å². The molecule has 0 amide bonds. The number of aromatic nitrogens is 2. The second kappa shape index (κ2) is 7.52. The molecule has 4 rings (SSSR count). The first-order valence-corrected chi connectivity index (χ1v) is 9.48. The second-order valence-electron chi connectivity index (χ2n) is 5.51. The molecular formula is C19H11Cl2N3O2S. The summed E-state index contributed by atoms with van der Waals surface area (Å²) in [6.07, 6.45) is 3.37. The minimum atomic E-state index is -0.628. The van der Waals surface area contributed by atoms with Crippen LogP contribution in [-0.2, 0) is 4.84 Å². The van der Waals surface area contributed by atoms with Gasteiger partial charge < -0.3 is 4.84 Å². The number of nitrogens with zero attached hydrogens (tertiary/aromatic N) is 3. The van der Waals surface area contributed by atoms with Crippen molar-refractivity contribution in [3.8, 4) is 11.3 Å². The fourth-order valence-electron chi connectivity index (χ4n) is 2.54. The molecule has 0 aliphatic heterocycles. The minimum Gasteiger partial charge on any atom is -0.313 e. The van der Waals surface area contributed by atoms with Gasteiger partial charge in [-0.05, 0) is 18.2 Å². The molecule has 0 radical (unpaired) electrons. The monoisotopic (exact) mass is 415 g/mol. The van der Waals surface area contributed by atoms with Gasteiger partial charge in [0.05, 0.1) is 33.2 Å². The molecule has 5 nitrogen and oxygen atoms in total. The maximum absolute atomic E-state index is 12.1. The summed E-state index contributed by atoms with van der Waals surface area (Å²) < 4.78 is 1.89. The highest BCUT2D eigenvalue weighted by Gasteiger charge is 2.14. The summed E-state index contributed by atoms with van der Waals surface area (Å²) in [7, 11) is 0. The number of benzene rings is 2. The zero-order valence-corrected chi connectivity index (χ0v) is 16.0. The van der Waals surface area contributed by atoms with E-state index < -0.39 is 5.97 Å². The second-order valence-corrected chi connectivity index (χ2v) is 7.20. The SMILES string of the molecule is O=C(ON=Cc1c(-c2ccccc2)nc2sccn12)c1ccc(Cl)c(Cl)c1. The molecule has 2 aromatic carbocycles. The minimum absolute atomic E-state index is 0.263. The van der Waals surface area contributed by atoms with Crippen LogP contribution >= 0.6 is 34.5 Å². The molecule has 0 aliphatic rings. The van der Waals surface area contributed by atoms with Gasteiger partial charge in [-0.3, -0.25) is 4.40 Å². The molecule has 2 aromatic heterocycles. The maximum atomic E-state index is 12.1. The Labute approximate surface area is 168 Å². The molecule has 0 aliphatic carbocycles. The maximum Gasteiger partial charge on any atom is 0.365 e. The van der Waals surface area contributed by atoms with Crippen molar-refractivity contribution in [2.75, 3.05) is 0 Å². The molecular weight excluding hydrogens is 405 g/mol. The van der Waals surface area contributed by atoms with E-state index in [0.717, 1.165) is 21.9 Å². The average Bonchev–Trinajstić information content (AvgIpc) is 3.27. The molecule has 0 N–H and O–H groups in total. The molecule has 0 atom stereocenters. The van der Waals surface area contributed by atoms with Crippen molar-refractivity contribution in [3.05, 3.63) is 81.4 Å². The normalized spacial score (nSPS) is 11.3. The molecule has 0 saturated heterocycles. The zero-order chi connectivity index (χ0) is 18.8. The third-order valence-corrected chi connectivity index (χ3v) is 5.31. The van der Waals surface area contributed by atoms with Crippen molar-refractivity contribution in [1.82, 2.24) is 9.38 Å². The van der Waals surface area contributed by atoms with Crippen molar-refractivity contribution in [2.45, 2.75) is 0 Å². The lowest BCUT2D eigenvalue weighted by atomic mass is 10.1. The van der Waals surface area contributed by atoms with Gasteiger partial charge in [0.2, 0.25) is 0 Å². The molecule has 134 valence electrons. The van der Waals surface area contributed by atoms with Crippen LogP contribution in [0.4, 0.5) is 0 Å². The molecule has 27 heavy (non-hydrogen) atoms. The number of halogens is 2. The van der Waals surface area contributed by atoms with Gasteiger partial charge in [0.15, 0.2) is 4.96 Å². The van der Waals surface area contributed by atoms with E-state index >= 15 is 0 Å². The highest BCUT2D eigenvalue weighted by atomic mass is 35.5. The van der Waals surface area contributed by atoms with Gasteiger partial charge in [-0.1, -0.05) is 58.7 Å². The lowest BCUT2D eigenvalue weighted by Crippen LogP contribution is -2.01. The summed E-state index contributed by atoms with van der Waals surface area (Å²) in [5, 5.41) is 6.42. The largest absolute Gasteiger partial charge is 0.365 e. The van der Waals surface area contributed by atoms with Crippen LogP contribution in [0.3, 0.4) is 0 Å². The van der Waals surface area contributed by atoms with Gasteiger partial charge in [-0.2, -0.15) is 0 Å². The van der Waals surface area contributed by atoms with Crippen LogP contribution in [0.5, 0.6) is 0 Å². The quantitative estimate of drug-likeness (QED) is 0.249. The molecule has 0 spiro atoms. The van der Waals surface area contributed by atoms with E-state index in [-0.39, 0.29) is 10.6 Å². The molecule has 2 heterocycles. The van der Waals surface area contributed by atoms with Crippen LogP contribution in [0.1, 0.15) is 16.1 Å². The number of rotatable bonds is 4. The van der Waals surface area contributed by atoms with E-state index in [9.17, 15) is 4.79 Å². The number of hydrogen-bond donors (Lipinski definition) is 0. The van der Waals surface area contributed by atoms with Crippen molar-refractivity contribution in [2.24, 2.45) is 5.16 Å². The zero-order valence-electron chi connectivity index (χ0n) is 13.7. The van der Waals surface area contributed by atoms with Crippen molar-refractivity contribution in [3.63, 3.8) is 0 Å². The highest BCUT2D eigenvalue weighted by molar-refractivity contribution is 7.15. The lowest BCUT2D eigenvalue weighted by Gasteiger charge is -2.01. The first kappa shape index (κ1) is 17.7. The predicted molar refractivity (Wildman–Crippen MR) is 108 cm³/mol. The Balaban J connectivity index is 1.62. The fourth-order valence-corrected chi connectivity index (χ4v) is 3.55. The average molecular weight is 416 g/mol. The van der Waals surface area contributed by atoms with E-state index in [2.05, 4.69) is 10.1 Å². The van der Waals surface area contributed by atoms with Crippen LogP contribution in [0.15, 0.2) is 65.3 Å². The first-order chi connectivity index (χ1) is 13.1. The Morgan fingerprint density at radius 2 is 1.96 bits per heavy atom. The van der Waals surface area contributed by atoms with Gasteiger partial charge in [0, 0.05) is 17.1 Å². The number of imidazole rings is 1. The van der Waals surface area contributed by atoms with Crippen molar-refractivity contribution < 1.29 is 9.63 Å². The summed E-state index contributed by atoms with van der Waals surface area (Å²) in [4.78, 5) is 22.6. The van der Waals surface area contributed by atoms with E-state index in [1.54, 1.807) is 0 Å². The standard InChI is InChI=1S/C19H11Cl2N3O2S/c20-14-7-6-13(10-15(14)21)18(25)26-22-11-16-17(12-4-2-1-3-5-12)23-19-24(16)8-9-27-19/h1-11H. The third-order valence-electron chi connectivity index (χ3n) is 3.81. The van der Waals surface area contributed by atoms with Crippen LogP contribution < -0.4 is 0 Å². The summed E-state index contributed by atoms with van der Waals surface area (Å²) in [5.41, 5.74) is 2.70. The van der Waals surface area contributed by atoms with E-state index in [1.165, 1.54) is 35.8 Å². The Morgan fingerprint density at radius 1 is 1.15 bits per heavy atom. The molecule has 0 unspecified atom stereocenters. The first-order valence-electron chi connectivity index (χ1n) is 7.84. The summed E-state index contributed by atoms with van der Waals surface area (Å²) >= 11 is 13.3. The number of oxime groups is 1. The lowest BCUT2D eigenvalue weighted by molar-refractivity contribution is 0.0519. The van der Waals surface area contributed by atoms with Crippen LogP contribution in [0.2, 0.25) is 10.0 Å².